The lowest BCUT2D eigenvalue weighted by atomic mass is 10.2. The summed E-state index contributed by atoms with van der Waals surface area (Å²) in [7, 11) is 1.58. The third kappa shape index (κ3) is 3.38. The van der Waals surface area contributed by atoms with Crippen LogP contribution < -0.4 is 10.2 Å². The number of pyridine rings is 1. The predicted molar refractivity (Wildman–Crippen MR) is 72.3 cm³/mol. The number of benzene rings is 1. The summed E-state index contributed by atoms with van der Waals surface area (Å²) < 4.78 is 5.17. The van der Waals surface area contributed by atoms with Crippen molar-refractivity contribution in [2.45, 2.75) is 0 Å². The lowest BCUT2D eigenvalue weighted by Gasteiger charge is -2.03. The summed E-state index contributed by atoms with van der Waals surface area (Å²) in [5.41, 5.74) is 3.51. The molecule has 1 N–H and O–H groups in total. The smallest absolute Gasteiger partial charge is 0.289 e. The van der Waals surface area contributed by atoms with Crippen LogP contribution in [-0.2, 0) is 0 Å². The Kier molecular flexibility index (Phi) is 4.23. The van der Waals surface area contributed by atoms with E-state index in [2.05, 4.69) is 15.5 Å². The molecule has 5 heteroatoms. The minimum Gasteiger partial charge on any atom is -0.496 e. The van der Waals surface area contributed by atoms with Crippen molar-refractivity contribution in [2.24, 2.45) is 5.10 Å². The van der Waals surface area contributed by atoms with Gasteiger partial charge in [-0.05, 0) is 24.3 Å². The van der Waals surface area contributed by atoms with Gasteiger partial charge in [0.2, 0.25) is 0 Å². The van der Waals surface area contributed by atoms with E-state index in [1.807, 2.05) is 24.3 Å². The second kappa shape index (κ2) is 6.30. The van der Waals surface area contributed by atoms with E-state index in [1.54, 1.807) is 31.5 Å². The monoisotopic (exact) mass is 255 g/mol. The number of hydrogen-bond donors (Lipinski definition) is 1. The Morgan fingerprint density at radius 3 is 2.79 bits per heavy atom. The molecule has 96 valence electrons. The lowest BCUT2D eigenvalue weighted by Crippen LogP contribution is -2.18. The van der Waals surface area contributed by atoms with E-state index in [0.717, 1.165) is 5.56 Å². The molecule has 0 spiro atoms. The van der Waals surface area contributed by atoms with Gasteiger partial charge in [-0.15, -0.1) is 0 Å². The molecular formula is C14H13N3O2. The van der Waals surface area contributed by atoms with Crippen LogP contribution in [0.15, 0.2) is 53.8 Å². The fourth-order valence-corrected chi connectivity index (χ4v) is 1.49. The van der Waals surface area contributed by atoms with Crippen LogP contribution in [0.2, 0.25) is 0 Å². The van der Waals surface area contributed by atoms with Gasteiger partial charge >= 0.3 is 0 Å². The Hall–Kier alpha value is -2.69. The number of rotatable bonds is 4. The maximum atomic E-state index is 11.7. The topological polar surface area (TPSA) is 63.6 Å². The molecule has 0 fully saturated rings. The van der Waals surface area contributed by atoms with Crippen LogP contribution in [0.3, 0.4) is 0 Å². The van der Waals surface area contributed by atoms with E-state index in [4.69, 9.17) is 4.74 Å². The normalized spacial score (nSPS) is 10.4. The fraction of sp³-hybridized carbons (Fsp3) is 0.0714. The highest BCUT2D eigenvalue weighted by molar-refractivity contribution is 5.93. The Bertz CT molecular complexity index is 582. The molecule has 2 aromatic rings. The van der Waals surface area contributed by atoms with Crippen LogP contribution in [0, 0.1) is 0 Å². The third-order valence-electron chi connectivity index (χ3n) is 2.41. The highest BCUT2D eigenvalue weighted by Gasteiger charge is 2.04. The molecule has 0 saturated carbocycles. The second-order valence-electron chi connectivity index (χ2n) is 3.66. The molecule has 19 heavy (non-hydrogen) atoms. The SMILES string of the molecule is COc1ccccc1/C=N\NC(=O)c1ccccn1. The van der Waals surface area contributed by atoms with Gasteiger partial charge in [0.05, 0.1) is 13.3 Å². The molecule has 0 atom stereocenters. The van der Waals surface area contributed by atoms with Gasteiger partial charge in [0.1, 0.15) is 11.4 Å². The van der Waals surface area contributed by atoms with Crippen molar-refractivity contribution in [2.75, 3.05) is 7.11 Å². The van der Waals surface area contributed by atoms with Gasteiger partial charge in [-0.1, -0.05) is 18.2 Å². The minimum atomic E-state index is -0.355. The minimum absolute atomic E-state index is 0.319. The van der Waals surface area contributed by atoms with E-state index in [0.29, 0.717) is 11.4 Å². The molecule has 0 radical (unpaired) electrons. The van der Waals surface area contributed by atoms with Crippen molar-refractivity contribution in [3.05, 3.63) is 59.9 Å². The Balaban J connectivity index is 2.02. The van der Waals surface area contributed by atoms with E-state index >= 15 is 0 Å². The first-order valence-electron chi connectivity index (χ1n) is 5.68. The molecule has 1 amide bonds. The number of nitrogens with zero attached hydrogens (tertiary/aromatic N) is 2. The van der Waals surface area contributed by atoms with Crippen LogP contribution in [0.5, 0.6) is 5.75 Å². The van der Waals surface area contributed by atoms with Crippen molar-refractivity contribution in [1.82, 2.24) is 10.4 Å². The fourth-order valence-electron chi connectivity index (χ4n) is 1.49. The van der Waals surface area contributed by atoms with Crippen LogP contribution >= 0.6 is 0 Å². The first-order chi connectivity index (χ1) is 9.31. The Morgan fingerprint density at radius 1 is 1.26 bits per heavy atom. The molecule has 0 aliphatic heterocycles. The zero-order valence-electron chi connectivity index (χ0n) is 10.4. The number of para-hydroxylation sites is 1. The van der Waals surface area contributed by atoms with Gasteiger partial charge in [0.15, 0.2) is 0 Å². The average molecular weight is 255 g/mol. The molecule has 0 saturated heterocycles. The van der Waals surface area contributed by atoms with E-state index in [9.17, 15) is 4.79 Å². The summed E-state index contributed by atoms with van der Waals surface area (Å²) in [6.07, 6.45) is 3.08. The van der Waals surface area contributed by atoms with Gasteiger partial charge < -0.3 is 4.74 Å². The molecule has 0 bridgehead atoms. The molecule has 0 aliphatic carbocycles. The van der Waals surface area contributed by atoms with Gasteiger partial charge in [-0.2, -0.15) is 5.10 Å². The Morgan fingerprint density at radius 2 is 2.05 bits per heavy atom. The van der Waals surface area contributed by atoms with Crippen LogP contribution in [0.1, 0.15) is 16.1 Å². The van der Waals surface area contributed by atoms with E-state index in [1.165, 1.54) is 6.21 Å². The molecule has 1 heterocycles. The third-order valence-corrected chi connectivity index (χ3v) is 2.41. The number of ether oxygens (including phenoxy) is 1. The maximum absolute atomic E-state index is 11.7. The molecule has 5 nitrogen and oxygen atoms in total. The number of aromatic nitrogens is 1. The summed E-state index contributed by atoms with van der Waals surface area (Å²) in [5.74, 6) is 0.338. The first-order valence-corrected chi connectivity index (χ1v) is 5.68. The van der Waals surface area contributed by atoms with Gasteiger partial charge in [0, 0.05) is 11.8 Å². The first kappa shape index (κ1) is 12.8. The molecule has 1 aromatic carbocycles. The highest BCUT2D eigenvalue weighted by Crippen LogP contribution is 2.14. The van der Waals surface area contributed by atoms with Crippen molar-refractivity contribution < 1.29 is 9.53 Å². The van der Waals surface area contributed by atoms with Crippen molar-refractivity contribution in [3.63, 3.8) is 0 Å². The van der Waals surface area contributed by atoms with Crippen molar-refractivity contribution >= 4 is 12.1 Å². The number of amides is 1. The largest absolute Gasteiger partial charge is 0.496 e. The molecule has 0 aliphatic rings. The summed E-state index contributed by atoms with van der Waals surface area (Å²) >= 11 is 0. The van der Waals surface area contributed by atoms with E-state index < -0.39 is 0 Å². The van der Waals surface area contributed by atoms with E-state index in [-0.39, 0.29) is 5.91 Å². The zero-order chi connectivity index (χ0) is 13.5. The number of carbonyl (C=O) groups excluding carboxylic acids is 1. The van der Waals surface area contributed by atoms with Crippen molar-refractivity contribution in [3.8, 4) is 5.75 Å². The Labute approximate surface area is 110 Å². The summed E-state index contributed by atoms with van der Waals surface area (Å²) in [6, 6.07) is 12.5. The number of hydrazone groups is 1. The standard InChI is InChI=1S/C14H13N3O2/c1-19-13-8-3-2-6-11(13)10-16-17-14(18)12-7-4-5-9-15-12/h2-10H,1H3,(H,17,18)/b16-10-. The maximum Gasteiger partial charge on any atom is 0.289 e. The van der Waals surface area contributed by atoms with Crippen molar-refractivity contribution in [1.29, 1.82) is 0 Å². The highest BCUT2D eigenvalue weighted by atomic mass is 16.5. The van der Waals surface area contributed by atoms with Crippen LogP contribution in [0.4, 0.5) is 0 Å². The lowest BCUT2D eigenvalue weighted by molar-refractivity contribution is 0.0950. The van der Waals surface area contributed by atoms with Gasteiger partial charge in [0.25, 0.3) is 5.91 Å². The van der Waals surface area contributed by atoms with Gasteiger partial charge in [-0.25, -0.2) is 5.43 Å². The number of methoxy groups -OCH3 is 1. The molecule has 1 aromatic heterocycles. The van der Waals surface area contributed by atoms with Gasteiger partial charge in [-0.3, -0.25) is 9.78 Å². The quantitative estimate of drug-likeness (QED) is 0.670. The summed E-state index contributed by atoms with van der Waals surface area (Å²) in [5, 5.41) is 3.88. The number of nitrogens with one attached hydrogen (secondary N) is 1. The molecule has 2 rings (SSSR count). The number of carbonyl (C=O) groups is 1. The summed E-state index contributed by atoms with van der Waals surface area (Å²) in [6.45, 7) is 0. The summed E-state index contributed by atoms with van der Waals surface area (Å²) in [4.78, 5) is 15.6. The number of hydrogen-bond acceptors (Lipinski definition) is 4. The average Bonchev–Trinajstić information content (AvgIpc) is 2.48. The second-order valence-corrected chi connectivity index (χ2v) is 3.66. The zero-order valence-corrected chi connectivity index (χ0v) is 10.4. The predicted octanol–water partition coefficient (Wildman–Crippen LogP) is 1.85. The molecule has 0 unspecified atom stereocenters. The molecular weight excluding hydrogens is 242 g/mol. The van der Waals surface area contributed by atoms with Crippen LogP contribution in [-0.4, -0.2) is 24.2 Å². The van der Waals surface area contributed by atoms with Crippen LogP contribution in [0.25, 0.3) is 0 Å².